The van der Waals surface area contributed by atoms with Gasteiger partial charge in [-0.15, -0.1) is 0 Å². The predicted molar refractivity (Wildman–Crippen MR) is 323 cm³/mol. The SMILES string of the molecule is CCCCCC/C=C\CCCCCCCCCC(=O)NC(COP(=O)(O)OCC[N+](C)(C)C)C(/C=C\CCCCCCCCCCC)OC(=O)CCCCCCCCCCCCCCC/C=C/CCCCCCCC. The number of phosphoric acid groups is 1. The van der Waals surface area contributed by atoms with Gasteiger partial charge in [0, 0.05) is 12.8 Å². The molecule has 1 amide bonds. The minimum absolute atomic E-state index is 0.0413. The van der Waals surface area contributed by atoms with E-state index in [4.69, 9.17) is 13.8 Å². The zero-order valence-corrected chi connectivity index (χ0v) is 51.5. The van der Waals surface area contributed by atoms with E-state index >= 15 is 0 Å². The van der Waals surface area contributed by atoms with Crippen LogP contribution in [0.15, 0.2) is 36.5 Å². The molecule has 0 fully saturated rings. The molecule has 0 radical (unpaired) electrons. The molecule has 0 spiro atoms. The van der Waals surface area contributed by atoms with Gasteiger partial charge < -0.3 is 19.4 Å². The van der Waals surface area contributed by atoms with Crippen LogP contribution in [0.4, 0.5) is 0 Å². The lowest BCUT2D eigenvalue weighted by Crippen LogP contribution is -2.47. The normalized spacial score (nSPS) is 13.9. The topological polar surface area (TPSA) is 111 Å². The van der Waals surface area contributed by atoms with Crippen molar-refractivity contribution in [3.05, 3.63) is 36.5 Å². The third-order valence-electron chi connectivity index (χ3n) is 14.6. The zero-order chi connectivity index (χ0) is 55.0. The highest BCUT2D eigenvalue weighted by atomic mass is 31.2. The van der Waals surface area contributed by atoms with E-state index in [1.807, 2.05) is 33.3 Å². The number of carbonyl (C=O) groups is 2. The number of amides is 1. The fourth-order valence-electron chi connectivity index (χ4n) is 9.52. The van der Waals surface area contributed by atoms with E-state index in [1.165, 1.54) is 218 Å². The molecule has 0 aromatic rings. The highest BCUT2D eigenvalue weighted by molar-refractivity contribution is 7.47. The van der Waals surface area contributed by atoms with Gasteiger partial charge in [-0.1, -0.05) is 257 Å². The summed E-state index contributed by atoms with van der Waals surface area (Å²) in [6, 6.07) is -0.847. The number of ether oxygens (including phenoxy) is 1. The molecule has 0 aromatic carbocycles. The second-order valence-corrected chi connectivity index (χ2v) is 24.7. The Morgan fingerprint density at radius 3 is 1.15 bits per heavy atom. The highest BCUT2D eigenvalue weighted by Crippen LogP contribution is 2.43. The van der Waals surface area contributed by atoms with Crippen LogP contribution in [0.5, 0.6) is 0 Å². The summed E-state index contributed by atoms with van der Waals surface area (Å²) in [5.74, 6) is -0.499. The predicted octanol–water partition coefficient (Wildman–Crippen LogP) is 19.9. The van der Waals surface area contributed by atoms with Crippen molar-refractivity contribution in [2.24, 2.45) is 0 Å². The van der Waals surface area contributed by atoms with Gasteiger partial charge in [0.05, 0.1) is 33.8 Å². The smallest absolute Gasteiger partial charge is 0.456 e. The third kappa shape index (κ3) is 56.8. The fraction of sp³-hybridized carbons (Fsp3) is 0.877. The van der Waals surface area contributed by atoms with Gasteiger partial charge in [0.25, 0.3) is 0 Å². The van der Waals surface area contributed by atoms with Crippen molar-refractivity contribution >= 4 is 19.7 Å². The van der Waals surface area contributed by atoms with Crippen molar-refractivity contribution < 1.29 is 37.3 Å². The zero-order valence-electron chi connectivity index (χ0n) is 50.6. The molecule has 3 atom stereocenters. The summed E-state index contributed by atoms with van der Waals surface area (Å²) >= 11 is 0. The summed E-state index contributed by atoms with van der Waals surface area (Å²) in [5, 5.41) is 3.06. The van der Waals surface area contributed by atoms with E-state index in [9.17, 15) is 19.0 Å². The number of hydrogen-bond acceptors (Lipinski definition) is 6. The molecule has 9 nitrogen and oxygen atoms in total. The van der Waals surface area contributed by atoms with Gasteiger partial charge in [-0.2, -0.15) is 0 Å². The summed E-state index contributed by atoms with van der Waals surface area (Å²) in [6.45, 7) is 7.02. The molecule has 10 heteroatoms. The lowest BCUT2D eigenvalue weighted by molar-refractivity contribution is -0.870. The van der Waals surface area contributed by atoms with Crippen molar-refractivity contribution in [2.45, 2.75) is 328 Å². The average Bonchev–Trinajstić information content (AvgIpc) is 3.37. The van der Waals surface area contributed by atoms with E-state index < -0.39 is 20.0 Å². The summed E-state index contributed by atoms with van der Waals surface area (Å²) in [5.41, 5.74) is 0. The highest BCUT2D eigenvalue weighted by Gasteiger charge is 2.30. The summed E-state index contributed by atoms with van der Waals surface area (Å²) < 4.78 is 30.7. The van der Waals surface area contributed by atoms with Crippen LogP contribution >= 0.6 is 7.82 Å². The third-order valence-corrected chi connectivity index (χ3v) is 15.5. The number of phosphoric ester groups is 1. The van der Waals surface area contributed by atoms with Crippen LogP contribution in [0.3, 0.4) is 0 Å². The maximum Gasteiger partial charge on any atom is 0.472 e. The molecule has 0 aliphatic carbocycles. The molecular weight excluding hydrogens is 952 g/mol. The van der Waals surface area contributed by atoms with Gasteiger partial charge in [-0.25, -0.2) is 4.57 Å². The second kappa shape index (κ2) is 55.5. The molecule has 0 aromatic heterocycles. The van der Waals surface area contributed by atoms with Crippen LogP contribution in [0.25, 0.3) is 0 Å². The number of allylic oxidation sites excluding steroid dienone is 5. The minimum atomic E-state index is -4.44. The first-order valence-electron chi connectivity index (χ1n) is 32.3. The van der Waals surface area contributed by atoms with Crippen molar-refractivity contribution in [2.75, 3.05) is 40.9 Å². The first-order chi connectivity index (χ1) is 36.4. The molecule has 0 aliphatic rings. The van der Waals surface area contributed by atoms with Crippen molar-refractivity contribution in [3.8, 4) is 0 Å². The maximum absolute atomic E-state index is 13.5. The molecule has 2 N–H and O–H groups in total. The number of carbonyl (C=O) groups excluding carboxylic acids is 2. The molecule has 0 aliphatic heterocycles. The lowest BCUT2D eigenvalue weighted by Gasteiger charge is -2.27. The Hall–Kier alpha value is -1.77. The number of nitrogens with zero attached hydrogens (tertiary/aromatic N) is 1. The Kier molecular flexibility index (Phi) is 54.2. The largest absolute Gasteiger partial charge is 0.472 e. The molecule has 442 valence electrons. The van der Waals surface area contributed by atoms with Gasteiger partial charge in [0.1, 0.15) is 19.3 Å². The Balaban J connectivity index is 5.09. The number of rotatable bonds is 59. The minimum Gasteiger partial charge on any atom is -0.456 e. The van der Waals surface area contributed by atoms with Crippen LogP contribution < -0.4 is 5.32 Å². The van der Waals surface area contributed by atoms with Gasteiger partial charge in [0.15, 0.2) is 0 Å². The second-order valence-electron chi connectivity index (χ2n) is 23.3. The van der Waals surface area contributed by atoms with Crippen molar-refractivity contribution in [3.63, 3.8) is 0 Å². The van der Waals surface area contributed by atoms with Gasteiger partial charge in [-0.05, 0) is 83.1 Å². The summed E-state index contributed by atoms with van der Waals surface area (Å²) in [6.07, 6.45) is 67.2. The number of hydrogen-bond donors (Lipinski definition) is 2. The molecule has 0 saturated carbocycles. The lowest BCUT2D eigenvalue weighted by atomic mass is 10.0. The monoisotopic (exact) mass is 1080 g/mol. The van der Waals surface area contributed by atoms with Gasteiger partial charge in [-0.3, -0.25) is 18.6 Å². The van der Waals surface area contributed by atoms with Crippen molar-refractivity contribution in [1.82, 2.24) is 5.32 Å². The molecule has 0 heterocycles. The number of quaternary nitrogens is 1. The molecule has 3 unspecified atom stereocenters. The Morgan fingerprint density at radius 1 is 0.453 bits per heavy atom. The first-order valence-corrected chi connectivity index (χ1v) is 33.8. The molecule has 75 heavy (non-hydrogen) atoms. The average molecular weight is 1080 g/mol. The standard InChI is InChI=1S/C65H125N2O7P/c1-7-10-13-16-19-22-25-27-29-30-31-32-33-34-35-36-38-40-43-46-49-52-55-58-65(69)74-63(56-53-50-47-44-41-24-21-18-15-12-9-3)62(61-73-75(70,71)72-60-59-67(4,5)6)66-64(68)57-54-51-48-45-42-39-37-28-26-23-20-17-14-11-8-2/h23,26-27,29,53,56,62-63H,7-22,24-25,28,30-52,54-55,57-61H2,1-6H3,(H-,66,68,70,71)/p+1/b26-23-,29-27+,56-53-. The number of unbranched alkanes of at least 4 members (excludes halogenated alkanes) is 39. The van der Waals surface area contributed by atoms with E-state index in [1.54, 1.807) is 0 Å². The van der Waals surface area contributed by atoms with Crippen molar-refractivity contribution in [1.29, 1.82) is 0 Å². The number of esters is 1. The van der Waals surface area contributed by atoms with Crippen LogP contribution in [0.2, 0.25) is 0 Å². The fourth-order valence-corrected chi connectivity index (χ4v) is 10.3. The van der Waals surface area contributed by atoms with Crippen LogP contribution in [-0.4, -0.2) is 74.3 Å². The van der Waals surface area contributed by atoms with Crippen LogP contribution in [0, 0.1) is 0 Å². The molecule has 0 rings (SSSR count). The van der Waals surface area contributed by atoms with E-state index in [-0.39, 0.29) is 25.1 Å². The molecular formula is C65H126N2O7P+. The van der Waals surface area contributed by atoms with Crippen LogP contribution in [-0.2, 0) is 27.9 Å². The first kappa shape index (κ1) is 73.2. The molecule has 0 bridgehead atoms. The summed E-state index contributed by atoms with van der Waals surface area (Å²) in [4.78, 5) is 37.7. The molecule has 0 saturated heterocycles. The van der Waals surface area contributed by atoms with E-state index in [0.717, 1.165) is 64.2 Å². The Labute approximate surface area is 466 Å². The van der Waals surface area contributed by atoms with Gasteiger partial charge >= 0.3 is 13.8 Å². The van der Waals surface area contributed by atoms with E-state index in [0.29, 0.717) is 23.9 Å². The maximum atomic E-state index is 13.5. The summed E-state index contributed by atoms with van der Waals surface area (Å²) in [7, 11) is 1.50. The quantitative estimate of drug-likeness (QED) is 0.0205. The number of nitrogens with one attached hydrogen (secondary N) is 1. The van der Waals surface area contributed by atoms with Crippen LogP contribution in [0.1, 0.15) is 316 Å². The number of likely N-dealkylation sites (N-methyl/N-ethyl adjacent to an activating group) is 1. The Bertz CT molecular complexity index is 1380. The Morgan fingerprint density at radius 2 is 0.773 bits per heavy atom. The van der Waals surface area contributed by atoms with Gasteiger partial charge in [0.2, 0.25) is 5.91 Å². The van der Waals surface area contributed by atoms with E-state index in [2.05, 4.69) is 50.4 Å².